The van der Waals surface area contributed by atoms with Gasteiger partial charge >= 0.3 is 0 Å². The van der Waals surface area contributed by atoms with Gasteiger partial charge in [-0.2, -0.15) is 0 Å². The molecule has 2 N–H and O–H groups in total. The Balaban J connectivity index is 0.00000243. The third kappa shape index (κ3) is 6.95. The highest BCUT2D eigenvalue weighted by Crippen LogP contribution is 2.19. The highest BCUT2D eigenvalue weighted by Gasteiger charge is 2.28. The predicted molar refractivity (Wildman–Crippen MR) is 118 cm³/mol. The van der Waals surface area contributed by atoms with Crippen molar-refractivity contribution in [3.05, 3.63) is 16.1 Å². The van der Waals surface area contributed by atoms with Crippen LogP contribution >= 0.6 is 35.3 Å². The van der Waals surface area contributed by atoms with Gasteiger partial charge in [0.2, 0.25) is 0 Å². The molecule has 2 heterocycles. The molecular weight excluding hydrogens is 483 g/mol. The first-order valence-corrected chi connectivity index (χ1v) is 11.9. The number of rotatable bonds is 5. The number of guanidine groups is 1. The summed E-state index contributed by atoms with van der Waals surface area (Å²) >= 11 is 1.63. The van der Waals surface area contributed by atoms with Gasteiger partial charge in [-0.05, 0) is 32.1 Å². The highest BCUT2D eigenvalue weighted by molar-refractivity contribution is 14.0. The van der Waals surface area contributed by atoms with Crippen LogP contribution in [0.5, 0.6) is 0 Å². The smallest absolute Gasteiger partial charge is 0.191 e. The Morgan fingerprint density at radius 1 is 1.31 bits per heavy atom. The van der Waals surface area contributed by atoms with E-state index in [0.29, 0.717) is 30.6 Å². The molecule has 1 aromatic heterocycles. The molecule has 0 aromatic carbocycles. The summed E-state index contributed by atoms with van der Waals surface area (Å²) in [5, 5.41) is 9.96. The lowest BCUT2D eigenvalue weighted by molar-refractivity contribution is 0.408. The summed E-state index contributed by atoms with van der Waals surface area (Å²) in [6, 6.07) is 0.463. The topological polar surface area (TPSA) is 83.5 Å². The fraction of sp³-hybridized carbons (Fsp3) is 0.765. The molecule has 148 valence electrons. The molecule has 2 fully saturated rings. The van der Waals surface area contributed by atoms with Crippen molar-refractivity contribution < 1.29 is 8.42 Å². The number of halogens is 1. The largest absolute Gasteiger partial charge is 0.356 e. The van der Waals surface area contributed by atoms with Gasteiger partial charge in [-0.25, -0.2) is 18.4 Å². The maximum atomic E-state index is 11.6. The molecule has 3 rings (SSSR count). The van der Waals surface area contributed by atoms with Gasteiger partial charge in [0.25, 0.3) is 0 Å². The van der Waals surface area contributed by atoms with E-state index in [9.17, 15) is 8.42 Å². The van der Waals surface area contributed by atoms with Gasteiger partial charge in [0.15, 0.2) is 15.8 Å². The van der Waals surface area contributed by atoms with Crippen molar-refractivity contribution in [2.45, 2.75) is 58.0 Å². The Bertz CT molecular complexity index is 699. The van der Waals surface area contributed by atoms with Crippen molar-refractivity contribution in [2.24, 2.45) is 10.9 Å². The number of nitrogens with one attached hydrogen (secondary N) is 2. The van der Waals surface area contributed by atoms with E-state index >= 15 is 0 Å². The van der Waals surface area contributed by atoms with Crippen LogP contribution in [0.2, 0.25) is 0 Å². The quantitative estimate of drug-likeness (QED) is 0.360. The summed E-state index contributed by atoms with van der Waals surface area (Å²) in [6.07, 6.45) is 6.94. The van der Waals surface area contributed by atoms with E-state index in [4.69, 9.17) is 4.99 Å². The van der Waals surface area contributed by atoms with Crippen LogP contribution in [0, 0.1) is 12.8 Å². The van der Waals surface area contributed by atoms with E-state index in [1.165, 1.54) is 32.1 Å². The predicted octanol–water partition coefficient (Wildman–Crippen LogP) is 2.87. The zero-order valence-corrected chi connectivity index (χ0v) is 19.2. The molecule has 0 radical (unpaired) electrons. The first kappa shape index (κ1) is 21.9. The summed E-state index contributed by atoms with van der Waals surface area (Å²) in [5.74, 6) is 1.59. The number of hydrogen-bond acceptors (Lipinski definition) is 5. The van der Waals surface area contributed by atoms with Gasteiger partial charge in [0.1, 0.15) is 5.01 Å². The zero-order chi connectivity index (χ0) is 17.7. The van der Waals surface area contributed by atoms with Crippen LogP contribution in [-0.4, -0.2) is 43.5 Å². The minimum atomic E-state index is -2.83. The number of hydrogen-bond donors (Lipinski definition) is 2. The molecule has 1 aromatic rings. The van der Waals surface area contributed by atoms with E-state index in [2.05, 4.69) is 15.6 Å². The first-order valence-electron chi connectivity index (χ1n) is 9.16. The summed E-state index contributed by atoms with van der Waals surface area (Å²) in [7, 11) is -2.83. The van der Waals surface area contributed by atoms with Gasteiger partial charge in [-0.15, -0.1) is 35.3 Å². The normalized spacial score (nSPS) is 23.4. The lowest BCUT2D eigenvalue weighted by atomic mass is 9.96. The lowest BCUT2D eigenvalue weighted by Crippen LogP contribution is -2.45. The summed E-state index contributed by atoms with van der Waals surface area (Å²) in [4.78, 5) is 9.15. The standard InChI is InChI=1S/C17H28N4O2S2.HI/c1-13-11-24-16(20-13)10-19-17(21-15-5-3-2-4-6-15)18-9-14-7-8-25(22,23)12-14;/h11,14-15H,2-10,12H2,1H3,(H2,18,19,21);1H. The highest BCUT2D eigenvalue weighted by atomic mass is 127. The molecule has 0 bridgehead atoms. The average molecular weight is 512 g/mol. The van der Waals surface area contributed by atoms with Crippen molar-refractivity contribution >= 4 is 51.1 Å². The maximum absolute atomic E-state index is 11.6. The number of thiazole rings is 1. The van der Waals surface area contributed by atoms with Crippen LogP contribution in [0.4, 0.5) is 0 Å². The SMILES string of the molecule is Cc1csc(CN=C(NCC2CCS(=O)(=O)C2)NC2CCCCC2)n1.I. The summed E-state index contributed by atoms with van der Waals surface area (Å²) in [6.45, 7) is 3.21. The third-order valence-corrected chi connectivity index (χ3v) is 7.66. The fourth-order valence-corrected chi connectivity index (χ4v) is 6.05. The molecule has 9 heteroatoms. The van der Waals surface area contributed by atoms with Crippen LogP contribution < -0.4 is 10.6 Å². The van der Waals surface area contributed by atoms with Crippen molar-refractivity contribution in [2.75, 3.05) is 18.1 Å². The number of aromatic nitrogens is 1. The molecule has 2 aliphatic rings. The molecule has 1 saturated carbocycles. The molecular formula is C17H29IN4O2S2. The Kier molecular flexibility index (Phi) is 8.59. The van der Waals surface area contributed by atoms with Crippen molar-refractivity contribution in [1.82, 2.24) is 15.6 Å². The Morgan fingerprint density at radius 3 is 2.69 bits per heavy atom. The number of nitrogens with zero attached hydrogens (tertiary/aromatic N) is 2. The lowest BCUT2D eigenvalue weighted by Gasteiger charge is -2.25. The fourth-order valence-electron chi connectivity index (χ4n) is 3.49. The maximum Gasteiger partial charge on any atom is 0.191 e. The van der Waals surface area contributed by atoms with Crippen molar-refractivity contribution in [3.63, 3.8) is 0 Å². The van der Waals surface area contributed by atoms with Crippen molar-refractivity contribution in [3.8, 4) is 0 Å². The zero-order valence-electron chi connectivity index (χ0n) is 15.2. The minimum Gasteiger partial charge on any atom is -0.356 e. The van der Waals surface area contributed by atoms with Gasteiger partial charge in [-0.3, -0.25) is 0 Å². The number of aliphatic imine (C=N–C) groups is 1. The first-order chi connectivity index (χ1) is 12.0. The Morgan fingerprint density at radius 2 is 2.08 bits per heavy atom. The molecule has 1 atom stereocenters. The minimum absolute atomic E-state index is 0. The Hall–Kier alpha value is -0.420. The Labute approximate surface area is 177 Å². The monoisotopic (exact) mass is 512 g/mol. The van der Waals surface area contributed by atoms with E-state index in [1.807, 2.05) is 12.3 Å². The van der Waals surface area contributed by atoms with Gasteiger partial charge < -0.3 is 10.6 Å². The van der Waals surface area contributed by atoms with E-state index < -0.39 is 9.84 Å². The molecule has 1 aliphatic heterocycles. The second-order valence-electron chi connectivity index (χ2n) is 7.18. The van der Waals surface area contributed by atoms with E-state index in [-0.39, 0.29) is 29.9 Å². The average Bonchev–Trinajstić information content (AvgIpc) is 3.16. The molecule has 1 aliphatic carbocycles. The molecule has 1 unspecified atom stereocenters. The van der Waals surface area contributed by atoms with Crippen LogP contribution in [-0.2, 0) is 16.4 Å². The van der Waals surface area contributed by atoms with Crippen molar-refractivity contribution in [1.29, 1.82) is 0 Å². The van der Waals surface area contributed by atoms with Gasteiger partial charge in [0, 0.05) is 23.7 Å². The second-order valence-corrected chi connectivity index (χ2v) is 10.3. The van der Waals surface area contributed by atoms with E-state index in [0.717, 1.165) is 23.1 Å². The van der Waals surface area contributed by atoms with Crippen LogP contribution in [0.3, 0.4) is 0 Å². The van der Waals surface area contributed by atoms with Crippen LogP contribution in [0.25, 0.3) is 0 Å². The van der Waals surface area contributed by atoms with Gasteiger partial charge in [-0.1, -0.05) is 19.3 Å². The summed E-state index contributed by atoms with van der Waals surface area (Å²) < 4.78 is 23.3. The second kappa shape index (κ2) is 10.2. The number of sulfone groups is 1. The number of aryl methyl sites for hydroxylation is 1. The molecule has 0 amide bonds. The summed E-state index contributed by atoms with van der Waals surface area (Å²) in [5.41, 5.74) is 1.03. The van der Waals surface area contributed by atoms with Gasteiger partial charge in [0.05, 0.1) is 18.1 Å². The molecule has 0 spiro atoms. The third-order valence-electron chi connectivity index (χ3n) is 4.87. The van der Waals surface area contributed by atoms with Crippen LogP contribution in [0.15, 0.2) is 10.4 Å². The molecule has 26 heavy (non-hydrogen) atoms. The van der Waals surface area contributed by atoms with Crippen LogP contribution in [0.1, 0.15) is 49.2 Å². The molecule has 6 nitrogen and oxygen atoms in total. The molecule has 1 saturated heterocycles. The van der Waals surface area contributed by atoms with E-state index in [1.54, 1.807) is 11.3 Å².